The van der Waals surface area contributed by atoms with Crippen LogP contribution in [0.5, 0.6) is 11.5 Å². The number of thioether (sulfide) groups is 1. The molecule has 0 aliphatic heterocycles. The number of rotatable bonds is 12. The van der Waals surface area contributed by atoms with Crippen LogP contribution in [0.4, 0.5) is 4.39 Å². The van der Waals surface area contributed by atoms with E-state index in [1.54, 1.807) is 35.7 Å². The van der Waals surface area contributed by atoms with Gasteiger partial charge in [-0.05, 0) is 91.4 Å². The second-order valence-electron chi connectivity index (χ2n) is 11.7. The number of carbonyl (C=O) groups excluding carboxylic acids is 1. The van der Waals surface area contributed by atoms with Gasteiger partial charge in [0.1, 0.15) is 23.0 Å². The fourth-order valence-corrected chi connectivity index (χ4v) is 7.51. The standard InChI is InChI=1S/C38H37ClFN3O5S/c1-22-34-32(14-13-30(39)36(34)35-23(2)42(3)41-31(35)20-44)43(37(22)38(45)47-5)15-6-16-48-33-19-28(18-25-17-26(40)9-12-29(25)33)49-21-24-7-10-27(46-4)11-8-24/h7-14,17-19,44H,6,15-16,20-21H2,1-5H3. The SMILES string of the molecule is COC(=O)c1c(C)c2c(-c3c(CO)nn(C)c3C)c(Cl)ccc2n1CCCOc1cc(SCc2ccc(OC)cc2)cc2cc(F)ccc12. The number of aliphatic hydroxyl groups excluding tert-OH is 1. The molecule has 0 aliphatic rings. The summed E-state index contributed by atoms with van der Waals surface area (Å²) in [5.41, 5.74) is 5.90. The molecule has 2 heterocycles. The fourth-order valence-electron chi connectivity index (χ4n) is 6.34. The van der Waals surface area contributed by atoms with Crippen LogP contribution in [0.15, 0.2) is 71.6 Å². The molecule has 6 rings (SSSR count). The van der Waals surface area contributed by atoms with Crippen LogP contribution < -0.4 is 9.47 Å². The van der Waals surface area contributed by atoms with Crippen LogP contribution in [0.2, 0.25) is 5.02 Å². The Morgan fingerprint density at radius 1 is 1.02 bits per heavy atom. The number of methoxy groups -OCH3 is 2. The number of nitrogens with zero attached hydrogens (tertiary/aromatic N) is 3. The van der Waals surface area contributed by atoms with Crippen LogP contribution in [0.25, 0.3) is 32.8 Å². The first-order valence-electron chi connectivity index (χ1n) is 15.8. The number of aromatic nitrogens is 3. The van der Waals surface area contributed by atoms with Crippen LogP contribution in [-0.4, -0.2) is 46.2 Å². The van der Waals surface area contributed by atoms with Gasteiger partial charge in [0.25, 0.3) is 0 Å². The van der Waals surface area contributed by atoms with Gasteiger partial charge in [-0.1, -0.05) is 23.7 Å². The van der Waals surface area contributed by atoms with Crippen molar-refractivity contribution < 1.29 is 28.5 Å². The molecule has 0 unspecified atom stereocenters. The molecule has 0 saturated carbocycles. The van der Waals surface area contributed by atoms with E-state index in [2.05, 4.69) is 5.10 Å². The van der Waals surface area contributed by atoms with Gasteiger partial charge in [-0.2, -0.15) is 5.10 Å². The predicted octanol–water partition coefficient (Wildman–Crippen LogP) is 8.65. The third kappa shape index (κ3) is 6.73. The van der Waals surface area contributed by atoms with Crippen molar-refractivity contribution in [3.63, 3.8) is 0 Å². The molecular formula is C38H37ClFN3O5S. The minimum Gasteiger partial charge on any atom is -0.497 e. The Labute approximate surface area is 293 Å². The lowest BCUT2D eigenvalue weighted by Gasteiger charge is -2.14. The Bertz CT molecular complexity index is 2180. The monoisotopic (exact) mass is 701 g/mol. The maximum atomic E-state index is 14.3. The third-order valence-corrected chi connectivity index (χ3v) is 10.2. The lowest BCUT2D eigenvalue weighted by atomic mass is 9.97. The van der Waals surface area contributed by atoms with Crippen molar-refractivity contribution in [2.45, 2.75) is 44.1 Å². The van der Waals surface area contributed by atoms with Crippen LogP contribution in [-0.2, 0) is 30.7 Å². The molecular weight excluding hydrogens is 665 g/mol. The zero-order chi connectivity index (χ0) is 34.8. The topological polar surface area (TPSA) is 87.7 Å². The molecule has 0 fully saturated rings. The first-order chi connectivity index (χ1) is 23.6. The third-order valence-electron chi connectivity index (χ3n) is 8.81. The second kappa shape index (κ2) is 14.5. The van der Waals surface area contributed by atoms with E-state index in [4.69, 9.17) is 25.8 Å². The Morgan fingerprint density at radius 2 is 1.80 bits per heavy atom. The van der Waals surface area contributed by atoms with Crippen molar-refractivity contribution in [1.82, 2.24) is 14.3 Å². The highest BCUT2D eigenvalue weighted by Gasteiger charge is 2.27. The molecule has 8 nitrogen and oxygen atoms in total. The number of hydrogen-bond acceptors (Lipinski definition) is 7. The van der Waals surface area contributed by atoms with Gasteiger partial charge in [0.2, 0.25) is 0 Å². The lowest BCUT2D eigenvalue weighted by molar-refractivity contribution is 0.0587. The maximum absolute atomic E-state index is 14.3. The molecule has 2 aromatic heterocycles. The normalized spacial score (nSPS) is 11.4. The number of hydrogen-bond donors (Lipinski definition) is 1. The van der Waals surface area contributed by atoms with Gasteiger partial charge in [0, 0.05) is 62.4 Å². The summed E-state index contributed by atoms with van der Waals surface area (Å²) in [6, 6.07) is 20.3. The van der Waals surface area contributed by atoms with Gasteiger partial charge in [0.05, 0.1) is 33.1 Å². The van der Waals surface area contributed by atoms with Crippen molar-refractivity contribution in [2.24, 2.45) is 7.05 Å². The Balaban J connectivity index is 1.29. The van der Waals surface area contributed by atoms with Gasteiger partial charge in [0.15, 0.2) is 0 Å². The molecule has 1 N–H and O–H groups in total. The first-order valence-corrected chi connectivity index (χ1v) is 17.2. The molecule has 4 aromatic carbocycles. The summed E-state index contributed by atoms with van der Waals surface area (Å²) in [7, 11) is 4.83. The van der Waals surface area contributed by atoms with E-state index in [9.17, 15) is 14.3 Å². The molecule has 0 amide bonds. The quantitative estimate of drug-likeness (QED) is 0.0776. The van der Waals surface area contributed by atoms with Crippen molar-refractivity contribution in [3.8, 4) is 22.6 Å². The van der Waals surface area contributed by atoms with Crippen molar-refractivity contribution in [1.29, 1.82) is 0 Å². The first kappa shape index (κ1) is 34.4. The minimum absolute atomic E-state index is 0.257. The molecule has 0 spiro atoms. The van der Waals surface area contributed by atoms with E-state index in [1.807, 2.05) is 67.9 Å². The van der Waals surface area contributed by atoms with Crippen LogP contribution >= 0.6 is 23.4 Å². The van der Waals surface area contributed by atoms with Crippen LogP contribution in [0.1, 0.15) is 39.4 Å². The van der Waals surface area contributed by atoms with Gasteiger partial charge in [-0.3, -0.25) is 4.68 Å². The van der Waals surface area contributed by atoms with Crippen LogP contribution in [0, 0.1) is 19.7 Å². The van der Waals surface area contributed by atoms with Gasteiger partial charge < -0.3 is 23.9 Å². The number of aliphatic hydroxyl groups is 1. The highest BCUT2D eigenvalue weighted by molar-refractivity contribution is 7.98. The highest BCUT2D eigenvalue weighted by Crippen LogP contribution is 2.42. The molecule has 0 bridgehead atoms. The molecule has 11 heteroatoms. The van der Waals surface area contributed by atoms with Crippen molar-refractivity contribution in [2.75, 3.05) is 20.8 Å². The lowest BCUT2D eigenvalue weighted by Crippen LogP contribution is -2.13. The van der Waals surface area contributed by atoms with E-state index >= 15 is 0 Å². The molecule has 254 valence electrons. The number of ether oxygens (including phenoxy) is 3. The van der Waals surface area contributed by atoms with Crippen molar-refractivity contribution >= 4 is 51.0 Å². The Morgan fingerprint density at radius 3 is 2.51 bits per heavy atom. The van der Waals surface area contributed by atoms with E-state index in [-0.39, 0.29) is 12.4 Å². The summed E-state index contributed by atoms with van der Waals surface area (Å²) in [4.78, 5) is 14.2. The second-order valence-corrected chi connectivity index (χ2v) is 13.2. The van der Waals surface area contributed by atoms with Gasteiger partial charge in [-0.25, -0.2) is 9.18 Å². The van der Waals surface area contributed by atoms with E-state index in [1.165, 1.54) is 19.2 Å². The fraction of sp³-hybridized carbons (Fsp3) is 0.263. The van der Waals surface area contributed by atoms with Crippen molar-refractivity contribution in [3.05, 3.63) is 106 Å². The number of fused-ring (bicyclic) bond motifs is 2. The molecule has 0 atom stereocenters. The van der Waals surface area contributed by atoms with E-state index in [0.717, 1.165) is 60.5 Å². The van der Waals surface area contributed by atoms with E-state index in [0.29, 0.717) is 47.3 Å². The molecule has 0 saturated heterocycles. The average molecular weight is 702 g/mol. The summed E-state index contributed by atoms with van der Waals surface area (Å²) in [5.74, 6) is 1.42. The van der Waals surface area contributed by atoms with Crippen LogP contribution in [0.3, 0.4) is 0 Å². The Kier molecular flexibility index (Phi) is 10.2. The molecule has 49 heavy (non-hydrogen) atoms. The molecule has 0 radical (unpaired) electrons. The van der Waals surface area contributed by atoms with Gasteiger partial charge >= 0.3 is 5.97 Å². The Hall–Kier alpha value is -4.51. The number of esters is 1. The van der Waals surface area contributed by atoms with E-state index < -0.39 is 5.97 Å². The summed E-state index contributed by atoms with van der Waals surface area (Å²) < 4.78 is 34.8. The zero-order valence-corrected chi connectivity index (χ0v) is 29.5. The summed E-state index contributed by atoms with van der Waals surface area (Å²) in [5, 5.41) is 17.5. The zero-order valence-electron chi connectivity index (χ0n) is 28.0. The highest BCUT2D eigenvalue weighted by atomic mass is 35.5. The average Bonchev–Trinajstić information content (AvgIpc) is 3.55. The predicted molar refractivity (Wildman–Crippen MR) is 192 cm³/mol. The molecule has 0 aliphatic carbocycles. The smallest absolute Gasteiger partial charge is 0.354 e. The largest absolute Gasteiger partial charge is 0.497 e. The number of carbonyl (C=O) groups is 1. The molecule has 6 aromatic rings. The number of halogens is 2. The summed E-state index contributed by atoms with van der Waals surface area (Å²) >= 11 is 8.48. The van der Waals surface area contributed by atoms with Gasteiger partial charge in [-0.15, -0.1) is 11.8 Å². The number of aryl methyl sites for hydroxylation is 3. The minimum atomic E-state index is -0.461. The number of benzene rings is 4. The summed E-state index contributed by atoms with van der Waals surface area (Å²) in [6.45, 7) is 4.34. The maximum Gasteiger partial charge on any atom is 0.354 e. The summed E-state index contributed by atoms with van der Waals surface area (Å²) in [6.07, 6.45) is 0.560.